The molecule has 1 N–H and O–H groups in total. The van der Waals surface area contributed by atoms with Crippen molar-refractivity contribution < 1.29 is 4.79 Å². The Balaban J connectivity index is 1.96. The molecule has 0 saturated heterocycles. The van der Waals surface area contributed by atoms with Crippen LogP contribution in [0.2, 0.25) is 0 Å². The van der Waals surface area contributed by atoms with Gasteiger partial charge >= 0.3 is 0 Å². The SMILES string of the molecule is CC(C)C(CNC(=O)c1cc2c(s1)CCCC2)C(C)C. The summed E-state index contributed by atoms with van der Waals surface area (Å²) in [5.41, 5.74) is 1.41. The molecule has 0 fully saturated rings. The van der Waals surface area contributed by atoms with Crippen LogP contribution in [0.3, 0.4) is 0 Å². The first-order valence-electron chi connectivity index (χ1n) is 7.88. The quantitative estimate of drug-likeness (QED) is 0.862. The van der Waals surface area contributed by atoms with Crippen LogP contribution >= 0.6 is 11.3 Å². The molecule has 20 heavy (non-hydrogen) atoms. The summed E-state index contributed by atoms with van der Waals surface area (Å²) in [6, 6.07) is 2.12. The molecule has 2 rings (SSSR count). The number of thiophene rings is 1. The molecule has 1 heterocycles. The van der Waals surface area contributed by atoms with Crippen LogP contribution in [0.4, 0.5) is 0 Å². The Morgan fingerprint density at radius 2 is 1.85 bits per heavy atom. The first-order chi connectivity index (χ1) is 9.49. The van der Waals surface area contributed by atoms with Crippen molar-refractivity contribution in [2.24, 2.45) is 17.8 Å². The van der Waals surface area contributed by atoms with E-state index in [1.807, 2.05) is 0 Å². The first-order valence-corrected chi connectivity index (χ1v) is 8.70. The fourth-order valence-electron chi connectivity index (χ4n) is 3.14. The standard InChI is InChI=1S/C17H27NOS/c1-11(2)14(12(3)4)10-18-17(19)16-9-13-7-5-6-8-15(13)20-16/h9,11-12,14H,5-8,10H2,1-4H3,(H,18,19). The maximum absolute atomic E-state index is 12.3. The smallest absolute Gasteiger partial charge is 0.261 e. The molecule has 1 aliphatic carbocycles. The summed E-state index contributed by atoms with van der Waals surface area (Å²) in [7, 11) is 0. The Hall–Kier alpha value is -0.830. The Kier molecular flexibility index (Phi) is 5.25. The second-order valence-corrected chi connectivity index (χ2v) is 7.76. The number of carbonyl (C=O) groups is 1. The molecule has 0 unspecified atom stereocenters. The van der Waals surface area contributed by atoms with Gasteiger partial charge in [-0.1, -0.05) is 27.7 Å². The first kappa shape index (κ1) is 15.6. The molecular weight excluding hydrogens is 266 g/mol. The number of aryl methyl sites for hydroxylation is 2. The van der Waals surface area contributed by atoms with Crippen LogP contribution in [-0.2, 0) is 12.8 Å². The predicted molar refractivity (Wildman–Crippen MR) is 86.5 cm³/mol. The Labute approximate surface area is 127 Å². The van der Waals surface area contributed by atoms with Gasteiger partial charge in [-0.3, -0.25) is 4.79 Å². The molecule has 0 aromatic carbocycles. The summed E-state index contributed by atoms with van der Waals surface area (Å²) in [5.74, 6) is 1.88. The van der Waals surface area contributed by atoms with E-state index in [2.05, 4.69) is 39.1 Å². The van der Waals surface area contributed by atoms with Gasteiger partial charge in [0, 0.05) is 11.4 Å². The average molecular weight is 293 g/mol. The highest BCUT2D eigenvalue weighted by atomic mass is 32.1. The molecule has 0 atom stereocenters. The lowest BCUT2D eigenvalue weighted by Crippen LogP contribution is -2.33. The van der Waals surface area contributed by atoms with Crippen molar-refractivity contribution in [3.63, 3.8) is 0 Å². The maximum atomic E-state index is 12.3. The third-order valence-electron chi connectivity index (χ3n) is 4.43. The molecule has 112 valence electrons. The molecule has 1 aliphatic rings. The van der Waals surface area contributed by atoms with E-state index in [1.165, 1.54) is 23.3 Å². The van der Waals surface area contributed by atoms with Crippen LogP contribution < -0.4 is 5.32 Å². The van der Waals surface area contributed by atoms with Crippen molar-refractivity contribution in [2.45, 2.75) is 53.4 Å². The van der Waals surface area contributed by atoms with E-state index in [4.69, 9.17) is 0 Å². The summed E-state index contributed by atoms with van der Waals surface area (Å²) in [6.07, 6.45) is 4.86. The van der Waals surface area contributed by atoms with Gasteiger partial charge in [-0.15, -0.1) is 11.3 Å². The van der Waals surface area contributed by atoms with E-state index < -0.39 is 0 Å². The molecule has 0 spiro atoms. The number of hydrogen-bond acceptors (Lipinski definition) is 2. The van der Waals surface area contributed by atoms with Gasteiger partial charge in [0.1, 0.15) is 0 Å². The number of fused-ring (bicyclic) bond motifs is 1. The lowest BCUT2D eigenvalue weighted by atomic mass is 9.85. The van der Waals surface area contributed by atoms with Gasteiger partial charge in [0.25, 0.3) is 5.91 Å². The number of amides is 1. The molecular formula is C17H27NOS. The number of nitrogens with one attached hydrogen (secondary N) is 1. The van der Waals surface area contributed by atoms with E-state index in [-0.39, 0.29) is 5.91 Å². The lowest BCUT2D eigenvalue weighted by Gasteiger charge is -2.24. The highest BCUT2D eigenvalue weighted by molar-refractivity contribution is 7.14. The van der Waals surface area contributed by atoms with Crippen molar-refractivity contribution >= 4 is 17.2 Å². The lowest BCUT2D eigenvalue weighted by molar-refractivity contribution is 0.0941. The molecule has 0 radical (unpaired) electrons. The second-order valence-electron chi connectivity index (χ2n) is 6.63. The Morgan fingerprint density at radius 3 is 2.45 bits per heavy atom. The van der Waals surface area contributed by atoms with E-state index >= 15 is 0 Å². The van der Waals surface area contributed by atoms with Crippen LogP contribution in [0.1, 0.15) is 60.6 Å². The van der Waals surface area contributed by atoms with Gasteiger partial charge in [0.2, 0.25) is 0 Å². The molecule has 2 nitrogen and oxygen atoms in total. The monoisotopic (exact) mass is 293 g/mol. The van der Waals surface area contributed by atoms with Gasteiger partial charge in [-0.05, 0) is 55.1 Å². The molecule has 0 aliphatic heterocycles. The van der Waals surface area contributed by atoms with Gasteiger partial charge in [-0.25, -0.2) is 0 Å². The number of rotatable bonds is 5. The third kappa shape index (κ3) is 3.63. The minimum atomic E-state index is 0.121. The molecule has 1 amide bonds. The van der Waals surface area contributed by atoms with Gasteiger partial charge in [0.15, 0.2) is 0 Å². The van der Waals surface area contributed by atoms with Gasteiger partial charge < -0.3 is 5.32 Å². The normalized spacial score (nSPS) is 14.9. The fraction of sp³-hybridized carbons (Fsp3) is 0.706. The zero-order valence-electron chi connectivity index (χ0n) is 13.2. The molecule has 1 aromatic heterocycles. The largest absolute Gasteiger partial charge is 0.351 e. The van der Waals surface area contributed by atoms with Crippen LogP contribution in [0.5, 0.6) is 0 Å². The summed E-state index contributed by atoms with van der Waals surface area (Å²) in [6.45, 7) is 9.74. The summed E-state index contributed by atoms with van der Waals surface area (Å²) < 4.78 is 0. The van der Waals surface area contributed by atoms with E-state index in [0.717, 1.165) is 24.3 Å². The van der Waals surface area contributed by atoms with Crippen LogP contribution in [0.15, 0.2) is 6.07 Å². The Morgan fingerprint density at radius 1 is 1.20 bits per heavy atom. The van der Waals surface area contributed by atoms with Crippen molar-refractivity contribution in [1.82, 2.24) is 5.32 Å². The second kappa shape index (κ2) is 6.75. The van der Waals surface area contributed by atoms with Crippen molar-refractivity contribution in [3.05, 3.63) is 21.4 Å². The van der Waals surface area contributed by atoms with Crippen LogP contribution in [-0.4, -0.2) is 12.5 Å². The average Bonchev–Trinajstić information content (AvgIpc) is 2.81. The highest BCUT2D eigenvalue weighted by Gasteiger charge is 2.20. The minimum absolute atomic E-state index is 0.121. The van der Waals surface area contributed by atoms with Crippen molar-refractivity contribution in [3.8, 4) is 0 Å². The highest BCUT2D eigenvalue weighted by Crippen LogP contribution is 2.29. The minimum Gasteiger partial charge on any atom is -0.351 e. The van der Waals surface area contributed by atoms with Gasteiger partial charge in [-0.2, -0.15) is 0 Å². The number of hydrogen-bond donors (Lipinski definition) is 1. The van der Waals surface area contributed by atoms with E-state index in [0.29, 0.717) is 17.8 Å². The van der Waals surface area contributed by atoms with E-state index in [9.17, 15) is 4.79 Å². The predicted octanol–water partition coefficient (Wildman–Crippen LogP) is 4.28. The third-order valence-corrected chi connectivity index (χ3v) is 5.67. The molecule has 0 bridgehead atoms. The van der Waals surface area contributed by atoms with Crippen LogP contribution in [0, 0.1) is 17.8 Å². The summed E-state index contributed by atoms with van der Waals surface area (Å²) in [5, 5.41) is 3.14. The van der Waals surface area contributed by atoms with Crippen molar-refractivity contribution in [2.75, 3.05) is 6.54 Å². The van der Waals surface area contributed by atoms with Crippen molar-refractivity contribution in [1.29, 1.82) is 0 Å². The zero-order chi connectivity index (χ0) is 14.7. The zero-order valence-corrected chi connectivity index (χ0v) is 14.0. The molecule has 0 saturated carbocycles. The van der Waals surface area contributed by atoms with E-state index in [1.54, 1.807) is 11.3 Å². The van der Waals surface area contributed by atoms with Gasteiger partial charge in [0.05, 0.1) is 4.88 Å². The van der Waals surface area contributed by atoms with Crippen LogP contribution in [0.25, 0.3) is 0 Å². The topological polar surface area (TPSA) is 29.1 Å². The summed E-state index contributed by atoms with van der Waals surface area (Å²) >= 11 is 1.70. The number of carbonyl (C=O) groups excluding carboxylic acids is 1. The Bertz CT molecular complexity index is 430. The fourth-order valence-corrected chi connectivity index (χ4v) is 4.31. The molecule has 1 aromatic rings. The maximum Gasteiger partial charge on any atom is 0.261 e. The summed E-state index contributed by atoms with van der Waals surface area (Å²) in [4.78, 5) is 14.7. The molecule has 3 heteroatoms.